The van der Waals surface area contributed by atoms with Crippen LogP contribution < -0.4 is 0 Å². The van der Waals surface area contributed by atoms with Gasteiger partial charge in [0.2, 0.25) is 0 Å². The molecule has 0 rings (SSSR count). The van der Waals surface area contributed by atoms with E-state index in [-0.39, 0.29) is 7.43 Å². The van der Waals surface area contributed by atoms with Crippen LogP contribution in [0.1, 0.15) is 48.5 Å². The fraction of sp³-hybridized carbons (Fsp3) is 1.00. The van der Waals surface area contributed by atoms with E-state index in [1.54, 1.807) is 21.3 Å². The van der Waals surface area contributed by atoms with Crippen LogP contribution in [-0.4, -0.2) is 27.9 Å². The van der Waals surface area contributed by atoms with Crippen LogP contribution in [0, 0.1) is 0 Å². The van der Waals surface area contributed by atoms with E-state index in [0.29, 0.717) is 0 Å². The van der Waals surface area contributed by atoms with Crippen molar-refractivity contribution in [2.75, 3.05) is 27.9 Å². The predicted octanol–water partition coefficient (Wildman–Crippen LogP) is 3.99. The Bertz CT molecular complexity index is 22.1. The topological polar surface area (TPSA) is 18.5 Å². The van der Waals surface area contributed by atoms with E-state index >= 15 is 0 Å². The van der Waals surface area contributed by atoms with Crippen molar-refractivity contribution in [3.8, 4) is 0 Å². The molecule has 0 atom stereocenters. The third kappa shape index (κ3) is 318. The fourth-order valence-corrected chi connectivity index (χ4v) is 0.204. The molecule has 13 heavy (non-hydrogen) atoms. The highest BCUT2D eigenvalue weighted by Crippen LogP contribution is 1.70. The summed E-state index contributed by atoms with van der Waals surface area (Å²) in [6.45, 7) is 11.0. The van der Waals surface area contributed by atoms with E-state index in [4.69, 9.17) is 4.74 Å². The first-order valence-corrected chi connectivity index (χ1v) is 4.72. The zero-order valence-electron chi connectivity index (χ0n) is 10.2. The Labute approximate surface area is 86.6 Å². The van der Waals surface area contributed by atoms with E-state index in [9.17, 15) is 0 Å². The van der Waals surface area contributed by atoms with E-state index in [1.807, 2.05) is 27.7 Å². The van der Waals surface area contributed by atoms with Gasteiger partial charge in [-0.15, -0.1) is 0 Å². The Morgan fingerprint density at radius 2 is 1.08 bits per heavy atom. The second kappa shape index (κ2) is 92.5. The number of hydrogen-bond acceptors (Lipinski definition) is 2. The molecule has 0 saturated carbocycles. The van der Waals surface area contributed by atoms with Gasteiger partial charge in [0.25, 0.3) is 0 Å². The van der Waals surface area contributed by atoms with Crippen molar-refractivity contribution in [1.82, 2.24) is 0 Å². The number of hydrogen-bond donors (Lipinski definition) is 0. The normalized spacial score (nSPS) is 5.54. The minimum absolute atomic E-state index is 0. The van der Waals surface area contributed by atoms with Gasteiger partial charge in [-0.3, -0.25) is 0 Å². The van der Waals surface area contributed by atoms with Crippen molar-refractivity contribution in [2.45, 2.75) is 48.5 Å². The van der Waals surface area contributed by atoms with Gasteiger partial charge in [-0.1, -0.05) is 42.0 Å². The number of ether oxygens (including phenoxy) is 2. The van der Waals surface area contributed by atoms with Crippen molar-refractivity contribution in [1.29, 1.82) is 0 Å². The molecule has 2 heteroatoms. The summed E-state index contributed by atoms with van der Waals surface area (Å²) >= 11 is 0. The maximum atomic E-state index is 4.69. The average molecular weight is 196 g/mol. The van der Waals surface area contributed by atoms with Gasteiger partial charge in [0.05, 0.1) is 0 Å². The zero-order valence-corrected chi connectivity index (χ0v) is 10.2. The molecule has 0 aliphatic rings. The van der Waals surface area contributed by atoms with Crippen molar-refractivity contribution in [2.24, 2.45) is 0 Å². The minimum Gasteiger partial charge on any atom is -0.388 e. The summed E-state index contributed by atoms with van der Waals surface area (Å²) in [5.74, 6) is 0. The Morgan fingerprint density at radius 1 is 0.846 bits per heavy atom. The van der Waals surface area contributed by atoms with E-state index in [1.165, 1.54) is 0 Å². The molecule has 0 aromatic carbocycles. The lowest BCUT2D eigenvalue weighted by molar-refractivity contribution is 0.199. The third-order valence-corrected chi connectivity index (χ3v) is 0.408. The van der Waals surface area contributed by atoms with Gasteiger partial charge < -0.3 is 9.47 Å². The molecular weight excluding hydrogens is 164 g/mol. The largest absolute Gasteiger partial charge is 0.388 e. The van der Waals surface area contributed by atoms with Crippen molar-refractivity contribution in [3.05, 3.63) is 0 Å². The molecule has 0 saturated heterocycles. The quantitative estimate of drug-likeness (QED) is 0.665. The van der Waals surface area contributed by atoms with Crippen LogP contribution in [0.25, 0.3) is 0 Å². The molecule has 0 fully saturated rings. The first kappa shape index (κ1) is 29.3. The molecule has 0 heterocycles. The molecule has 0 aromatic heterocycles. The molecule has 0 amide bonds. The molecule has 0 aliphatic heterocycles. The second-order valence-electron chi connectivity index (χ2n) is 1.40. The van der Waals surface area contributed by atoms with Gasteiger partial charge in [-0.2, -0.15) is 0 Å². The lowest BCUT2D eigenvalue weighted by Gasteiger charge is -1.84. The molecule has 0 spiro atoms. The van der Waals surface area contributed by atoms with Gasteiger partial charge in [0.15, 0.2) is 0 Å². The van der Waals surface area contributed by atoms with Crippen LogP contribution in [0.2, 0.25) is 0 Å². The highest BCUT2D eigenvalue weighted by Gasteiger charge is 1.66. The molecule has 0 bridgehead atoms. The van der Waals surface area contributed by atoms with E-state index in [0.717, 1.165) is 13.0 Å². The third-order valence-electron chi connectivity index (χ3n) is 0.408. The van der Waals surface area contributed by atoms with Gasteiger partial charge in [-0.05, 0) is 6.42 Å². The molecule has 0 radical (unpaired) electrons. The summed E-state index contributed by atoms with van der Waals surface area (Å²) < 4.78 is 8.94. The average Bonchev–Trinajstić information content (AvgIpc) is 2.14. The Kier molecular flexibility index (Phi) is 208. The minimum atomic E-state index is 0. The molecule has 88 valence electrons. The zero-order chi connectivity index (χ0) is 10.8. The highest BCUT2D eigenvalue weighted by molar-refractivity contribution is 4.15. The summed E-state index contributed by atoms with van der Waals surface area (Å²) in [7, 11) is 4.96. The Hall–Kier alpha value is -0.0800. The van der Waals surface area contributed by atoms with Gasteiger partial charge in [-0.25, -0.2) is 0 Å². The SMILES string of the molecule is C.CC.CC.CCCOC.COC. The van der Waals surface area contributed by atoms with Crippen LogP contribution in [0.5, 0.6) is 0 Å². The maximum Gasteiger partial charge on any atom is 0.0459 e. The highest BCUT2D eigenvalue weighted by atomic mass is 16.5. The predicted molar refractivity (Wildman–Crippen MR) is 64.5 cm³/mol. The lowest BCUT2D eigenvalue weighted by atomic mass is 10.5. The summed E-state index contributed by atoms with van der Waals surface area (Å²) in [5.41, 5.74) is 0. The molecule has 0 aromatic rings. The standard InChI is InChI=1S/C4H10O.C2H6O.2C2H6.CH4/c1-3-4-5-2;1-3-2;2*1-2;/h3-4H2,1-2H3;1-2H3;2*1-2H3;1H4. The molecular formula is C11H32O2. The number of rotatable bonds is 2. The van der Waals surface area contributed by atoms with Gasteiger partial charge in [0.1, 0.15) is 0 Å². The summed E-state index contributed by atoms with van der Waals surface area (Å²) in [5, 5.41) is 0. The second-order valence-corrected chi connectivity index (χ2v) is 1.40. The number of methoxy groups -OCH3 is 2. The Morgan fingerprint density at radius 3 is 1.08 bits per heavy atom. The van der Waals surface area contributed by atoms with Crippen molar-refractivity contribution in [3.63, 3.8) is 0 Å². The van der Waals surface area contributed by atoms with E-state index in [2.05, 4.69) is 11.7 Å². The molecule has 2 nitrogen and oxygen atoms in total. The smallest absolute Gasteiger partial charge is 0.0459 e. The molecule has 0 aliphatic carbocycles. The van der Waals surface area contributed by atoms with Gasteiger partial charge >= 0.3 is 0 Å². The van der Waals surface area contributed by atoms with Crippen LogP contribution in [-0.2, 0) is 9.47 Å². The van der Waals surface area contributed by atoms with Crippen LogP contribution in [0.4, 0.5) is 0 Å². The van der Waals surface area contributed by atoms with Crippen LogP contribution in [0.3, 0.4) is 0 Å². The van der Waals surface area contributed by atoms with Gasteiger partial charge in [0, 0.05) is 27.9 Å². The maximum absolute atomic E-state index is 4.69. The lowest BCUT2D eigenvalue weighted by Crippen LogP contribution is -1.80. The first-order valence-electron chi connectivity index (χ1n) is 4.72. The summed E-state index contributed by atoms with van der Waals surface area (Å²) in [6, 6.07) is 0. The first-order chi connectivity index (χ1) is 5.83. The fourth-order valence-electron chi connectivity index (χ4n) is 0.204. The monoisotopic (exact) mass is 196 g/mol. The Balaban J connectivity index is -0.0000000235. The molecule has 0 unspecified atom stereocenters. The molecule has 0 N–H and O–H groups in total. The van der Waals surface area contributed by atoms with Crippen LogP contribution >= 0.6 is 0 Å². The van der Waals surface area contributed by atoms with Crippen LogP contribution in [0.15, 0.2) is 0 Å². The van der Waals surface area contributed by atoms with Crippen molar-refractivity contribution >= 4 is 0 Å². The van der Waals surface area contributed by atoms with Crippen molar-refractivity contribution < 1.29 is 9.47 Å². The summed E-state index contributed by atoms with van der Waals surface area (Å²) in [4.78, 5) is 0. The van der Waals surface area contributed by atoms with E-state index < -0.39 is 0 Å². The summed E-state index contributed by atoms with van der Waals surface area (Å²) in [6.07, 6.45) is 1.12.